The van der Waals surface area contributed by atoms with Crippen LogP contribution in [0, 0.1) is 11.6 Å². The molecule has 0 amide bonds. The number of fused-ring (bicyclic) bond motifs is 1. The van der Waals surface area contributed by atoms with Crippen molar-refractivity contribution in [1.29, 1.82) is 0 Å². The van der Waals surface area contributed by atoms with Crippen molar-refractivity contribution in [2.24, 2.45) is 0 Å². The van der Waals surface area contributed by atoms with Crippen LogP contribution in [-0.2, 0) is 19.4 Å². The maximum Gasteiger partial charge on any atom is 0.126 e. The van der Waals surface area contributed by atoms with Crippen LogP contribution in [0.2, 0.25) is 0 Å². The molecule has 4 nitrogen and oxygen atoms in total. The van der Waals surface area contributed by atoms with Gasteiger partial charge in [0.15, 0.2) is 0 Å². The summed E-state index contributed by atoms with van der Waals surface area (Å²) >= 11 is 0. The van der Waals surface area contributed by atoms with E-state index < -0.39 is 23.8 Å². The first-order valence-electron chi connectivity index (χ1n) is 14.6. The van der Waals surface area contributed by atoms with Gasteiger partial charge < -0.3 is 15.3 Å². The molecule has 40 heavy (non-hydrogen) atoms. The molecule has 3 aromatic rings. The number of hydrogen-bond acceptors (Lipinski definition) is 4. The molecule has 0 saturated heterocycles. The van der Waals surface area contributed by atoms with Gasteiger partial charge in [-0.15, -0.1) is 0 Å². The molecule has 6 heteroatoms. The summed E-state index contributed by atoms with van der Waals surface area (Å²) in [4.78, 5) is 4.67. The SMILES string of the molecule is CCCN(CCC)C1c2ccccc2C=CN1[C@@H](Cc1cc(F)cc(F)c1)[C@H](O)CNCc1cccc(CC)c1. The van der Waals surface area contributed by atoms with E-state index in [4.69, 9.17) is 0 Å². The van der Waals surface area contributed by atoms with Crippen molar-refractivity contribution in [3.05, 3.63) is 112 Å². The van der Waals surface area contributed by atoms with Gasteiger partial charge in [-0.2, -0.15) is 0 Å². The van der Waals surface area contributed by atoms with Gasteiger partial charge in [0.05, 0.1) is 12.1 Å². The number of benzene rings is 3. The van der Waals surface area contributed by atoms with Gasteiger partial charge >= 0.3 is 0 Å². The lowest BCUT2D eigenvalue weighted by atomic mass is 9.93. The van der Waals surface area contributed by atoms with Gasteiger partial charge in [-0.25, -0.2) is 8.78 Å². The second-order valence-electron chi connectivity index (χ2n) is 10.7. The van der Waals surface area contributed by atoms with Crippen LogP contribution in [-0.4, -0.2) is 46.7 Å². The lowest BCUT2D eigenvalue weighted by molar-refractivity contribution is -0.00730. The molecular weight excluding hydrogens is 504 g/mol. The minimum atomic E-state index is -0.789. The summed E-state index contributed by atoms with van der Waals surface area (Å²) in [6.45, 7) is 9.28. The normalized spacial score (nSPS) is 16.3. The summed E-state index contributed by atoms with van der Waals surface area (Å²) in [5.74, 6) is -1.21. The van der Waals surface area contributed by atoms with Crippen molar-refractivity contribution >= 4 is 6.08 Å². The van der Waals surface area contributed by atoms with E-state index in [2.05, 4.69) is 90.6 Å². The summed E-state index contributed by atoms with van der Waals surface area (Å²) < 4.78 is 28.5. The van der Waals surface area contributed by atoms with E-state index in [1.165, 1.54) is 23.3 Å². The fourth-order valence-electron chi connectivity index (χ4n) is 5.78. The lowest BCUT2D eigenvalue weighted by Gasteiger charge is -2.47. The smallest absolute Gasteiger partial charge is 0.126 e. The van der Waals surface area contributed by atoms with Gasteiger partial charge in [0.25, 0.3) is 0 Å². The standard InChI is InChI=1S/C34H43F2N3O/c1-4-15-38(16-5-2)34-31-13-8-7-12-28(31)14-17-39(34)32(21-27-19-29(35)22-30(36)20-27)33(40)24-37-23-26-11-9-10-25(6-3)18-26/h7-14,17-20,22,32-34,37,40H,4-6,15-16,21,23-24H2,1-3H3/t32-,33+,34?/m0/s1. The number of aryl methyl sites for hydroxylation is 1. The Bertz CT molecular complexity index is 1240. The van der Waals surface area contributed by atoms with Crippen molar-refractivity contribution in [3.63, 3.8) is 0 Å². The first-order chi connectivity index (χ1) is 19.4. The second kappa shape index (κ2) is 14.5. The number of aliphatic hydroxyl groups is 1. The van der Waals surface area contributed by atoms with Gasteiger partial charge in [0.2, 0.25) is 0 Å². The average Bonchev–Trinajstić information content (AvgIpc) is 2.95. The van der Waals surface area contributed by atoms with E-state index in [-0.39, 0.29) is 6.17 Å². The second-order valence-corrected chi connectivity index (χ2v) is 10.7. The molecule has 1 aliphatic rings. The van der Waals surface area contributed by atoms with Crippen molar-refractivity contribution < 1.29 is 13.9 Å². The Balaban J connectivity index is 1.65. The largest absolute Gasteiger partial charge is 0.390 e. The highest BCUT2D eigenvalue weighted by atomic mass is 19.1. The van der Waals surface area contributed by atoms with Crippen molar-refractivity contribution in [1.82, 2.24) is 15.1 Å². The molecule has 0 radical (unpaired) electrons. The van der Waals surface area contributed by atoms with Crippen LogP contribution in [0.4, 0.5) is 8.78 Å². The van der Waals surface area contributed by atoms with Crippen LogP contribution in [0.1, 0.15) is 67.6 Å². The van der Waals surface area contributed by atoms with Crippen molar-refractivity contribution in [2.45, 2.75) is 71.3 Å². The monoisotopic (exact) mass is 547 g/mol. The van der Waals surface area contributed by atoms with E-state index in [0.717, 1.165) is 49.5 Å². The molecule has 3 atom stereocenters. The molecule has 0 saturated carbocycles. The molecule has 1 aliphatic heterocycles. The Morgan fingerprint density at radius 3 is 2.27 bits per heavy atom. The van der Waals surface area contributed by atoms with Crippen molar-refractivity contribution in [2.75, 3.05) is 19.6 Å². The van der Waals surface area contributed by atoms with Crippen LogP contribution in [0.15, 0.2) is 72.9 Å². The first kappa shape index (κ1) is 29.9. The highest BCUT2D eigenvalue weighted by molar-refractivity contribution is 5.57. The fourth-order valence-corrected chi connectivity index (χ4v) is 5.78. The van der Waals surface area contributed by atoms with Crippen molar-refractivity contribution in [3.8, 4) is 0 Å². The molecular formula is C34H43F2N3O. The van der Waals surface area contributed by atoms with Gasteiger partial charge in [-0.3, -0.25) is 4.90 Å². The first-order valence-corrected chi connectivity index (χ1v) is 14.6. The predicted molar refractivity (Wildman–Crippen MR) is 160 cm³/mol. The topological polar surface area (TPSA) is 38.7 Å². The minimum absolute atomic E-state index is 0.0969. The van der Waals surface area contributed by atoms with Crippen LogP contribution in [0.3, 0.4) is 0 Å². The van der Waals surface area contributed by atoms with Crippen LogP contribution in [0.5, 0.6) is 0 Å². The van der Waals surface area contributed by atoms with E-state index >= 15 is 0 Å². The quantitative estimate of drug-likeness (QED) is 0.236. The number of rotatable bonds is 14. The summed E-state index contributed by atoms with van der Waals surface area (Å²) in [6.07, 6.45) is 6.52. The maximum absolute atomic E-state index is 14.2. The summed E-state index contributed by atoms with van der Waals surface area (Å²) in [6, 6.07) is 20.0. The van der Waals surface area contributed by atoms with Crippen LogP contribution >= 0.6 is 0 Å². The molecule has 1 unspecified atom stereocenters. The van der Waals surface area contributed by atoms with E-state index in [1.54, 1.807) is 0 Å². The third kappa shape index (κ3) is 7.57. The maximum atomic E-state index is 14.2. The molecule has 0 bridgehead atoms. The molecule has 4 rings (SSSR count). The Hall–Kier alpha value is -3.06. The van der Waals surface area contributed by atoms with E-state index in [1.807, 2.05) is 6.07 Å². The third-order valence-electron chi connectivity index (χ3n) is 7.63. The predicted octanol–water partition coefficient (Wildman–Crippen LogP) is 6.70. The Labute approximate surface area is 238 Å². The number of hydrogen-bond donors (Lipinski definition) is 2. The van der Waals surface area contributed by atoms with E-state index in [9.17, 15) is 13.9 Å². The summed E-state index contributed by atoms with van der Waals surface area (Å²) in [5.41, 5.74) is 5.30. The molecule has 214 valence electrons. The van der Waals surface area contributed by atoms with Crippen LogP contribution in [0.25, 0.3) is 6.08 Å². The Kier molecular flexibility index (Phi) is 10.9. The highest BCUT2D eigenvalue weighted by Crippen LogP contribution is 2.36. The molecule has 0 aliphatic carbocycles. The third-order valence-corrected chi connectivity index (χ3v) is 7.63. The Morgan fingerprint density at radius 1 is 0.875 bits per heavy atom. The average molecular weight is 548 g/mol. The minimum Gasteiger partial charge on any atom is -0.390 e. The van der Waals surface area contributed by atoms with Gasteiger partial charge in [-0.1, -0.05) is 69.3 Å². The zero-order valence-corrected chi connectivity index (χ0v) is 24.0. The molecule has 0 aromatic heterocycles. The van der Waals surface area contributed by atoms with E-state index in [0.29, 0.717) is 25.1 Å². The number of aliphatic hydroxyl groups excluding tert-OH is 1. The number of halogens is 2. The number of nitrogens with zero attached hydrogens (tertiary/aromatic N) is 2. The molecule has 2 N–H and O–H groups in total. The van der Waals surface area contributed by atoms with Crippen LogP contribution < -0.4 is 5.32 Å². The fraction of sp³-hybridized carbons (Fsp3) is 0.412. The molecule has 0 fully saturated rings. The van der Waals surface area contributed by atoms with Gasteiger partial charge in [0, 0.05) is 38.4 Å². The summed E-state index contributed by atoms with van der Waals surface area (Å²) in [5, 5.41) is 15.1. The summed E-state index contributed by atoms with van der Waals surface area (Å²) in [7, 11) is 0. The Morgan fingerprint density at radius 2 is 1.57 bits per heavy atom. The molecule has 0 spiro atoms. The number of nitrogens with one attached hydrogen (secondary N) is 1. The van der Waals surface area contributed by atoms with Gasteiger partial charge in [-0.05, 0) is 71.7 Å². The van der Waals surface area contributed by atoms with Gasteiger partial charge in [0.1, 0.15) is 17.8 Å². The lowest BCUT2D eigenvalue weighted by Crippen LogP contribution is -2.52. The molecule has 1 heterocycles. The molecule has 3 aromatic carbocycles. The highest BCUT2D eigenvalue weighted by Gasteiger charge is 2.36. The zero-order valence-electron chi connectivity index (χ0n) is 24.0. The zero-order chi connectivity index (χ0) is 28.5.